The Labute approximate surface area is 129 Å². The van der Waals surface area contributed by atoms with Crippen LogP contribution < -0.4 is 5.32 Å². The first-order valence-electron chi connectivity index (χ1n) is 7.29. The van der Waals surface area contributed by atoms with Crippen molar-refractivity contribution in [2.24, 2.45) is 5.92 Å². The lowest BCUT2D eigenvalue weighted by molar-refractivity contribution is -0.146. The van der Waals surface area contributed by atoms with Crippen LogP contribution in [-0.4, -0.2) is 22.5 Å². The fraction of sp³-hybridized carbons (Fsp3) is 0.500. The van der Waals surface area contributed by atoms with Gasteiger partial charge < -0.3 is 10.4 Å². The molecule has 5 heteroatoms. The van der Waals surface area contributed by atoms with Gasteiger partial charge in [-0.2, -0.15) is 0 Å². The minimum Gasteiger partial charge on any atom is -0.480 e. The zero-order valence-electron chi connectivity index (χ0n) is 12.1. The molecule has 1 saturated carbocycles. The number of carbonyl (C=O) groups excluding carboxylic acids is 1. The standard InChI is InChI=1S/C16H20ClNO3/c1-2-11-7-9-16(10-8-11,15(20)21)18-14(19)12-5-3-4-6-13(12)17/h3-6,11H,2,7-10H2,1H3,(H,18,19)(H,20,21). The van der Waals surface area contributed by atoms with Gasteiger partial charge in [-0.05, 0) is 43.7 Å². The molecule has 21 heavy (non-hydrogen) atoms. The third-order valence-electron chi connectivity index (χ3n) is 4.42. The average Bonchev–Trinajstić information content (AvgIpc) is 2.48. The van der Waals surface area contributed by atoms with E-state index >= 15 is 0 Å². The number of carbonyl (C=O) groups is 2. The molecule has 0 heterocycles. The van der Waals surface area contributed by atoms with Gasteiger partial charge in [0.15, 0.2) is 0 Å². The number of benzene rings is 1. The fourth-order valence-corrected chi connectivity index (χ4v) is 3.12. The lowest BCUT2D eigenvalue weighted by Crippen LogP contribution is -2.56. The highest BCUT2D eigenvalue weighted by Crippen LogP contribution is 2.34. The molecule has 1 aliphatic carbocycles. The SMILES string of the molecule is CCC1CCC(NC(=O)c2ccccc2Cl)(C(=O)O)CC1. The Kier molecular flexibility index (Phi) is 4.88. The molecule has 0 aromatic heterocycles. The molecule has 0 radical (unpaired) electrons. The molecule has 2 N–H and O–H groups in total. The monoisotopic (exact) mass is 309 g/mol. The number of nitrogens with one attached hydrogen (secondary N) is 1. The average molecular weight is 310 g/mol. The van der Waals surface area contributed by atoms with Crippen LogP contribution in [0.25, 0.3) is 0 Å². The number of hydrogen-bond acceptors (Lipinski definition) is 2. The van der Waals surface area contributed by atoms with Crippen LogP contribution in [0.3, 0.4) is 0 Å². The summed E-state index contributed by atoms with van der Waals surface area (Å²) in [5.74, 6) is -0.829. The molecule has 2 rings (SSSR count). The first-order valence-corrected chi connectivity index (χ1v) is 7.67. The van der Waals surface area contributed by atoms with Crippen LogP contribution in [0.2, 0.25) is 5.02 Å². The summed E-state index contributed by atoms with van der Waals surface area (Å²) in [5.41, 5.74) is -0.848. The predicted octanol–water partition coefficient (Wildman–Crippen LogP) is 3.49. The quantitative estimate of drug-likeness (QED) is 0.894. The molecule has 1 aromatic rings. The number of hydrogen-bond donors (Lipinski definition) is 2. The lowest BCUT2D eigenvalue weighted by atomic mass is 9.75. The summed E-state index contributed by atoms with van der Waals surface area (Å²) >= 11 is 6.00. The zero-order chi connectivity index (χ0) is 15.5. The van der Waals surface area contributed by atoms with Gasteiger partial charge in [0.2, 0.25) is 0 Å². The molecule has 1 fully saturated rings. The summed E-state index contributed by atoms with van der Waals surface area (Å²) in [4.78, 5) is 24.0. The second-order valence-electron chi connectivity index (χ2n) is 5.67. The minimum absolute atomic E-state index is 0.317. The van der Waals surface area contributed by atoms with Crippen molar-refractivity contribution in [3.63, 3.8) is 0 Å². The molecule has 0 bridgehead atoms. The van der Waals surface area contributed by atoms with Gasteiger partial charge >= 0.3 is 5.97 Å². The van der Waals surface area contributed by atoms with Gasteiger partial charge in [0, 0.05) is 0 Å². The van der Waals surface area contributed by atoms with Crippen LogP contribution in [0.1, 0.15) is 49.4 Å². The number of aliphatic carboxylic acids is 1. The van der Waals surface area contributed by atoms with E-state index in [0.717, 1.165) is 19.3 Å². The highest BCUT2D eigenvalue weighted by Gasteiger charge is 2.43. The second-order valence-corrected chi connectivity index (χ2v) is 6.08. The number of carboxylic acids is 1. The van der Waals surface area contributed by atoms with Gasteiger partial charge in [-0.1, -0.05) is 37.1 Å². The Hall–Kier alpha value is -1.55. The number of rotatable bonds is 4. The van der Waals surface area contributed by atoms with Crippen molar-refractivity contribution in [2.45, 2.75) is 44.6 Å². The topological polar surface area (TPSA) is 66.4 Å². The van der Waals surface area contributed by atoms with Gasteiger partial charge in [0.05, 0.1) is 10.6 Å². The minimum atomic E-state index is -1.16. The Balaban J connectivity index is 2.16. The summed E-state index contributed by atoms with van der Waals surface area (Å²) in [5, 5.41) is 12.6. The van der Waals surface area contributed by atoms with E-state index in [1.54, 1.807) is 24.3 Å². The van der Waals surface area contributed by atoms with Crippen LogP contribution in [0, 0.1) is 5.92 Å². The maximum Gasteiger partial charge on any atom is 0.329 e. The van der Waals surface area contributed by atoms with Gasteiger partial charge in [0.25, 0.3) is 5.91 Å². The summed E-state index contributed by atoms with van der Waals surface area (Å²) < 4.78 is 0. The van der Waals surface area contributed by atoms with E-state index in [0.29, 0.717) is 29.3 Å². The largest absolute Gasteiger partial charge is 0.480 e. The van der Waals surface area contributed by atoms with Gasteiger partial charge in [-0.3, -0.25) is 4.79 Å². The summed E-state index contributed by atoms with van der Waals surface area (Å²) in [6.07, 6.45) is 3.64. The second kappa shape index (κ2) is 6.48. The Morgan fingerprint density at radius 2 is 1.95 bits per heavy atom. The molecule has 1 aliphatic rings. The van der Waals surface area contributed by atoms with E-state index in [1.807, 2.05) is 0 Å². The van der Waals surface area contributed by atoms with Crippen molar-refractivity contribution < 1.29 is 14.7 Å². The van der Waals surface area contributed by atoms with Crippen molar-refractivity contribution in [3.05, 3.63) is 34.9 Å². The third-order valence-corrected chi connectivity index (χ3v) is 4.75. The number of halogens is 1. The molecule has 0 aliphatic heterocycles. The summed E-state index contributed by atoms with van der Waals surface area (Å²) in [7, 11) is 0. The predicted molar refractivity (Wildman–Crippen MR) is 81.5 cm³/mol. The van der Waals surface area contributed by atoms with E-state index in [-0.39, 0.29) is 0 Å². The molecule has 0 unspecified atom stereocenters. The van der Waals surface area contributed by atoms with E-state index in [1.165, 1.54) is 0 Å². The van der Waals surface area contributed by atoms with Crippen LogP contribution in [0.15, 0.2) is 24.3 Å². The van der Waals surface area contributed by atoms with Gasteiger partial charge in [-0.25, -0.2) is 4.79 Å². The first kappa shape index (κ1) is 15.8. The third kappa shape index (κ3) is 3.38. The highest BCUT2D eigenvalue weighted by molar-refractivity contribution is 6.33. The molecular weight excluding hydrogens is 290 g/mol. The summed E-state index contributed by atoms with van der Waals surface area (Å²) in [6, 6.07) is 6.67. The van der Waals surface area contributed by atoms with E-state index in [9.17, 15) is 14.7 Å². The zero-order valence-corrected chi connectivity index (χ0v) is 12.8. The molecule has 114 valence electrons. The van der Waals surface area contributed by atoms with Crippen LogP contribution in [0.5, 0.6) is 0 Å². The van der Waals surface area contributed by atoms with Crippen LogP contribution in [0.4, 0.5) is 0 Å². The highest BCUT2D eigenvalue weighted by atomic mass is 35.5. The van der Waals surface area contributed by atoms with E-state index < -0.39 is 17.4 Å². The van der Waals surface area contributed by atoms with E-state index in [4.69, 9.17) is 11.6 Å². The van der Waals surface area contributed by atoms with Gasteiger partial charge in [-0.15, -0.1) is 0 Å². The van der Waals surface area contributed by atoms with Crippen LogP contribution >= 0.6 is 11.6 Å². The maximum atomic E-state index is 12.3. The summed E-state index contributed by atoms with van der Waals surface area (Å²) in [6.45, 7) is 2.11. The van der Waals surface area contributed by atoms with Crippen molar-refractivity contribution in [2.75, 3.05) is 0 Å². The maximum absolute atomic E-state index is 12.3. The normalized spacial score (nSPS) is 25.3. The van der Waals surface area contributed by atoms with Gasteiger partial charge in [0.1, 0.15) is 5.54 Å². The molecule has 0 saturated heterocycles. The van der Waals surface area contributed by atoms with Crippen LogP contribution in [-0.2, 0) is 4.79 Å². The molecule has 1 aromatic carbocycles. The van der Waals surface area contributed by atoms with Crippen molar-refractivity contribution >= 4 is 23.5 Å². The smallest absolute Gasteiger partial charge is 0.329 e. The lowest BCUT2D eigenvalue weighted by Gasteiger charge is -2.37. The molecule has 4 nitrogen and oxygen atoms in total. The molecule has 0 atom stereocenters. The number of amides is 1. The Bertz CT molecular complexity index is 536. The number of carboxylic acid groups (broad SMARTS) is 1. The molecule has 1 amide bonds. The molecule has 0 spiro atoms. The fourth-order valence-electron chi connectivity index (χ4n) is 2.90. The first-order chi connectivity index (χ1) is 9.98. The van der Waals surface area contributed by atoms with Crippen molar-refractivity contribution in [1.82, 2.24) is 5.32 Å². The Morgan fingerprint density at radius 3 is 2.48 bits per heavy atom. The van der Waals surface area contributed by atoms with E-state index in [2.05, 4.69) is 12.2 Å². The van der Waals surface area contributed by atoms with Crippen molar-refractivity contribution in [3.8, 4) is 0 Å². The van der Waals surface area contributed by atoms with Crippen molar-refractivity contribution in [1.29, 1.82) is 0 Å². The molecular formula is C16H20ClNO3. The Morgan fingerprint density at radius 1 is 1.33 bits per heavy atom.